The second-order valence-electron chi connectivity index (χ2n) is 4.49. The number of nitrogens with one attached hydrogen (secondary N) is 1. The molecule has 0 amide bonds. The lowest BCUT2D eigenvalue weighted by Crippen LogP contribution is -2.42. The summed E-state index contributed by atoms with van der Waals surface area (Å²) >= 11 is 0. The number of nitrogens with zero attached hydrogens (tertiary/aromatic N) is 2. The molecule has 1 atom stereocenters. The minimum absolute atomic E-state index is 0.186. The molecule has 0 saturated carbocycles. The van der Waals surface area contributed by atoms with Gasteiger partial charge in [-0.15, -0.1) is 0 Å². The molecule has 0 spiro atoms. The summed E-state index contributed by atoms with van der Waals surface area (Å²) in [7, 11) is 0. The van der Waals surface area contributed by atoms with E-state index in [0.29, 0.717) is 24.7 Å². The molecule has 0 radical (unpaired) electrons. The van der Waals surface area contributed by atoms with Gasteiger partial charge in [0, 0.05) is 24.6 Å². The maximum Gasteiger partial charge on any atom is 0.228 e. The Kier molecular flexibility index (Phi) is 3.43. The van der Waals surface area contributed by atoms with Crippen LogP contribution in [-0.4, -0.2) is 41.0 Å². The maximum absolute atomic E-state index is 9.43. The second-order valence-corrected chi connectivity index (χ2v) is 4.49. The number of aromatic hydroxyl groups is 1. The van der Waals surface area contributed by atoms with Gasteiger partial charge in [0.1, 0.15) is 5.75 Å². The van der Waals surface area contributed by atoms with Crippen LogP contribution in [0.3, 0.4) is 0 Å². The third kappa shape index (κ3) is 2.91. The predicted octanol–water partition coefficient (Wildman–Crippen LogP) is 0.973. The molecule has 19 heavy (non-hydrogen) atoms. The number of ether oxygens (including phenoxy) is 1. The highest BCUT2D eigenvalue weighted by molar-refractivity contribution is 5.56. The third-order valence-electron chi connectivity index (χ3n) is 2.99. The summed E-state index contributed by atoms with van der Waals surface area (Å²) in [5.41, 5.74) is 0.739. The molecule has 1 unspecified atom stereocenters. The van der Waals surface area contributed by atoms with Crippen molar-refractivity contribution in [3.8, 4) is 17.1 Å². The normalized spacial score (nSPS) is 19.5. The molecule has 2 aromatic rings. The maximum atomic E-state index is 9.43. The number of hydrogen-bond acceptors (Lipinski definition) is 6. The van der Waals surface area contributed by atoms with Gasteiger partial charge in [-0.3, -0.25) is 0 Å². The van der Waals surface area contributed by atoms with Crippen LogP contribution in [0.4, 0.5) is 0 Å². The van der Waals surface area contributed by atoms with Crippen LogP contribution < -0.4 is 5.32 Å². The zero-order valence-corrected chi connectivity index (χ0v) is 10.4. The van der Waals surface area contributed by atoms with Crippen molar-refractivity contribution in [2.75, 3.05) is 19.8 Å². The number of rotatable bonds is 3. The van der Waals surface area contributed by atoms with Gasteiger partial charge >= 0.3 is 0 Å². The van der Waals surface area contributed by atoms with Crippen LogP contribution >= 0.6 is 0 Å². The highest BCUT2D eigenvalue weighted by Gasteiger charge is 2.17. The third-order valence-corrected chi connectivity index (χ3v) is 2.99. The van der Waals surface area contributed by atoms with Crippen LogP contribution in [-0.2, 0) is 11.2 Å². The van der Waals surface area contributed by atoms with Gasteiger partial charge in [-0.2, -0.15) is 4.98 Å². The van der Waals surface area contributed by atoms with Crippen molar-refractivity contribution in [3.05, 3.63) is 30.2 Å². The highest BCUT2D eigenvalue weighted by atomic mass is 16.5. The van der Waals surface area contributed by atoms with E-state index in [4.69, 9.17) is 9.26 Å². The number of hydrogen-bond donors (Lipinski definition) is 2. The Morgan fingerprint density at radius 2 is 2.37 bits per heavy atom. The molecule has 1 aliphatic heterocycles. The molecule has 0 aliphatic carbocycles. The Hall–Kier alpha value is -1.92. The number of benzene rings is 1. The van der Waals surface area contributed by atoms with Gasteiger partial charge in [-0.05, 0) is 12.1 Å². The van der Waals surface area contributed by atoms with Gasteiger partial charge in [-0.1, -0.05) is 17.3 Å². The van der Waals surface area contributed by atoms with Gasteiger partial charge in [0.05, 0.1) is 13.2 Å². The number of aromatic nitrogens is 2. The van der Waals surface area contributed by atoms with E-state index in [2.05, 4.69) is 15.5 Å². The molecular formula is C13H15N3O3. The van der Waals surface area contributed by atoms with Crippen LogP contribution in [0.2, 0.25) is 0 Å². The van der Waals surface area contributed by atoms with Gasteiger partial charge in [0.2, 0.25) is 11.7 Å². The fraction of sp³-hybridized carbons (Fsp3) is 0.385. The van der Waals surface area contributed by atoms with E-state index in [9.17, 15) is 5.11 Å². The summed E-state index contributed by atoms with van der Waals surface area (Å²) in [6.07, 6.45) is 0.645. The van der Waals surface area contributed by atoms with Gasteiger partial charge < -0.3 is 19.7 Å². The molecule has 1 aromatic carbocycles. The lowest BCUT2D eigenvalue weighted by atomic mass is 10.2. The van der Waals surface area contributed by atoms with Crippen molar-refractivity contribution in [2.45, 2.75) is 12.5 Å². The van der Waals surface area contributed by atoms with Crippen molar-refractivity contribution in [2.24, 2.45) is 0 Å². The molecule has 6 heteroatoms. The van der Waals surface area contributed by atoms with E-state index in [1.807, 2.05) is 6.07 Å². The zero-order valence-electron chi connectivity index (χ0n) is 10.4. The lowest BCUT2D eigenvalue weighted by Gasteiger charge is -2.22. The van der Waals surface area contributed by atoms with Crippen LogP contribution in [0.25, 0.3) is 11.4 Å². The summed E-state index contributed by atoms with van der Waals surface area (Å²) in [4.78, 5) is 4.33. The van der Waals surface area contributed by atoms with E-state index < -0.39 is 0 Å². The largest absolute Gasteiger partial charge is 0.508 e. The molecule has 100 valence electrons. The molecule has 2 N–H and O–H groups in total. The quantitative estimate of drug-likeness (QED) is 0.857. The Labute approximate surface area is 110 Å². The first kappa shape index (κ1) is 12.1. The van der Waals surface area contributed by atoms with E-state index in [0.717, 1.165) is 18.7 Å². The predicted molar refractivity (Wildman–Crippen MR) is 67.7 cm³/mol. The van der Waals surface area contributed by atoms with E-state index >= 15 is 0 Å². The van der Waals surface area contributed by atoms with Gasteiger partial charge in [0.25, 0.3) is 0 Å². The first-order valence-electron chi connectivity index (χ1n) is 6.24. The Bertz CT molecular complexity index is 550. The average Bonchev–Trinajstić information content (AvgIpc) is 2.88. The SMILES string of the molecule is Oc1cccc(-c2noc(CC3COCCN3)n2)c1. The zero-order chi connectivity index (χ0) is 13.1. The molecule has 1 saturated heterocycles. The van der Waals surface area contributed by atoms with Crippen molar-refractivity contribution < 1.29 is 14.4 Å². The van der Waals surface area contributed by atoms with Crippen molar-refractivity contribution in [3.63, 3.8) is 0 Å². The summed E-state index contributed by atoms with van der Waals surface area (Å²) < 4.78 is 10.6. The van der Waals surface area contributed by atoms with Gasteiger partial charge in [-0.25, -0.2) is 0 Å². The minimum atomic E-state index is 0.186. The van der Waals surface area contributed by atoms with E-state index in [1.165, 1.54) is 0 Å². The molecule has 1 aromatic heterocycles. The van der Waals surface area contributed by atoms with Crippen molar-refractivity contribution in [1.29, 1.82) is 0 Å². The average molecular weight is 261 g/mol. The summed E-state index contributed by atoms with van der Waals surface area (Å²) in [6.45, 7) is 2.25. The fourth-order valence-electron chi connectivity index (χ4n) is 2.06. The second kappa shape index (κ2) is 5.38. The number of phenolic OH excluding ortho intramolecular Hbond substituents is 1. The summed E-state index contributed by atoms with van der Waals surface area (Å²) in [5, 5.41) is 16.7. The molecule has 1 aliphatic rings. The van der Waals surface area contributed by atoms with E-state index in [-0.39, 0.29) is 11.8 Å². The lowest BCUT2D eigenvalue weighted by molar-refractivity contribution is 0.0744. The molecule has 0 bridgehead atoms. The monoisotopic (exact) mass is 261 g/mol. The standard InChI is InChI=1S/C13H15N3O3/c17-11-3-1-2-9(6-11)13-15-12(19-16-13)7-10-8-18-5-4-14-10/h1-3,6,10,14,17H,4-5,7-8H2. The van der Waals surface area contributed by atoms with Crippen LogP contribution in [0.5, 0.6) is 5.75 Å². The highest BCUT2D eigenvalue weighted by Crippen LogP contribution is 2.20. The Balaban J connectivity index is 1.72. The van der Waals surface area contributed by atoms with Crippen LogP contribution in [0.1, 0.15) is 5.89 Å². The Morgan fingerprint density at radius 3 is 3.16 bits per heavy atom. The van der Waals surface area contributed by atoms with Gasteiger partial charge in [0.15, 0.2) is 0 Å². The summed E-state index contributed by atoms with van der Waals surface area (Å²) in [6, 6.07) is 7.00. The molecule has 1 fully saturated rings. The minimum Gasteiger partial charge on any atom is -0.508 e. The first-order valence-corrected chi connectivity index (χ1v) is 6.24. The number of phenols is 1. The molecule has 2 heterocycles. The molecule has 3 rings (SSSR count). The topological polar surface area (TPSA) is 80.4 Å². The first-order chi connectivity index (χ1) is 9.31. The van der Waals surface area contributed by atoms with E-state index in [1.54, 1.807) is 18.2 Å². The molecular weight excluding hydrogens is 246 g/mol. The molecule has 6 nitrogen and oxygen atoms in total. The smallest absolute Gasteiger partial charge is 0.228 e. The number of morpholine rings is 1. The fourth-order valence-corrected chi connectivity index (χ4v) is 2.06. The Morgan fingerprint density at radius 1 is 1.42 bits per heavy atom. The van der Waals surface area contributed by atoms with Crippen LogP contribution in [0.15, 0.2) is 28.8 Å². The van der Waals surface area contributed by atoms with Crippen LogP contribution in [0, 0.1) is 0 Å². The van der Waals surface area contributed by atoms with Crippen molar-refractivity contribution in [1.82, 2.24) is 15.5 Å². The van der Waals surface area contributed by atoms with Crippen molar-refractivity contribution >= 4 is 0 Å². The summed E-state index contributed by atoms with van der Waals surface area (Å²) in [5.74, 6) is 1.25.